The Morgan fingerprint density at radius 2 is 1.95 bits per heavy atom. The largest absolute Gasteiger partial charge is 0.466 e. The maximum absolute atomic E-state index is 10.5. The Morgan fingerprint density at radius 3 is 2.60 bits per heavy atom. The zero-order valence-corrected chi connectivity index (χ0v) is 11.4. The van der Waals surface area contributed by atoms with Crippen molar-refractivity contribution in [2.24, 2.45) is 0 Å². The molecule has 20 heavy (non-hydrogen) atoms. The van der Waals surface area contributed by atoms with Crippen molar-refractivity contribution < 1.29 is 19.7 Å². The van der Waals surface area contributed by atoms with Gasteiger partial charge in [0, 0.05) is 13.3 Å². The molecule has 0 amide bonds. The summed E-state index contributed by atoms with van der Waals surface area (Å²) >= 11 is 0. The molecule has 1 unspecified atom stereocenters. The Labute approximate surface area is 119 Å². The molecule has 0 rings (SSSR count). The van der Waals surface area contributed by atoms with Gasteiger partial charge in [-0.2, -0.15) is 0 Å². The van der Waals surface area contributed by atoms with Gasteiger partial charge in [0.2, 0.25) is 0 Å². The SMILES string of the molecule is CC(=O)OCCC(O)C=CC=CC#CC#CC=CCO. The molecule has 0 aromatic rings. The molecule has 1 atom stereocenters. The van der Waals surface area contributed by atoms with Gasteiger partial charge in [0.25, 0.3) is 0 Å². The van der Waals surface area contributed by atoms with Crippen LogP contribution in [0.2, 0.25) is 0 Å². The predicted octanol–water partition coefficient (Wildman–Crippen LogP) is 0.968. The van der Waals surface area contributed by atoms with E-state index in [0.29, 0.717) is 6.42 Å². The number of ether oxygens (including phenoxy) is 1. The Morgan fingerprint density at radius 1 is 1.25 bits per heavy atom. The maximum atomic E-state index is 10.5. The van der Waals surface area contributed by atoms with E-state index in [1.807, 2.05) is 0 Å². The highest BCUT2D eigenvalue weighted by atomic mass is 16.5. The summed E-state index contributed by atoms with van der Waals surface area (Å²) in [6.07, 6.45) is 9.26. The molecule has 4 nitrogen and oxygen atoms in total. The second kappa shape index (κ2) is 13.2. The van der Waals surface area contributed by atoms with Crippen LogP contribution in [0.5, 0.6) is 0 Å². The lowest BCUT2D eigenvalue weighted by Gasteiger charge is -2.04. The fourth-order valence-electron chi connectivity index (χ4n) is 0.983. The third-order valence-corrected chi connectivity index (χ3v) is 1.86. The normalized spacial score (nSPS) is 11.9. The first-order chi connectivity index (χ1) is 9.66. The van der Waals surface area contributed by atoms with Gasteiger partial charge in [0.05, 0.1) is 19.3 Å². The number of aliphatic hydroxyl groups excluding tert-OH is 2. The van der Waals surface area contributed by atoms with E-state index in [1.165, 1.54) is 19.1 Å². The monoisotopic (exact) mass is 274 g/mol. The second-order valence-corrected chi connectivity index (χ2v) is 3.56. The highest BCUT2D eigenvalue weighted by Crippen LogP contribution is 1.95. The summed E-state index contributed by atoms with van der Waals surface area (Å²) in [7, 11) is 0. The summed E-state index contributed by atoms with van der Waals surface area (Å²) in [6.45, 7) is 1.49. The van der Waals surface area contributed by atoms with Gasteiger partial charge in [0.15, 0.2) is 0 Å². The van der Waals surface area contributed by atoms with Crippen LogP contribution in [-0.4, -0.2) is 35.5 Å². The van der Waals surface area contributed by atoms with Crippen molar-refractivity contribution in [1.82, 2.24) is 0 Å². The summed E-state index contributed by atoms with van der Waals surface area (Å²) in [6, 6.07) is 0. The van der Waals surface area contributed by atoms with Crippen LogP contribution in [0.1, 0.15) is 13.3 Å². The fourth-order valence-corrected chi connectivity index (χ4v) is 0.983. The number of aliphatic hydroxyl groups is 2. The molecular weight excluding hydrogens is 256 g/mol. The van der Waals surface area contributed by atoms with Crippen LogP contribution in [0.15, 0.2) is 36.5 Å². The average molecular weight is 274 g/mol. The minimum atomic E-state index is -0.657. The van der Waals surface area contributed by atoms with Gasteiger partial charge in [-0.1, -0.05) is 36.1 Å². The number of hydrogen-bond acceptors (Lipinski definition) is 4. The number of carbonyl (C=O) groups excluding carboxylic acids is 1. The van der Waals surface area contributed by atoms with E-state index < -0.39 is 6.10 Å². The zero-order chi connectivity index (χ0) is 15.1. The Balaban J connectivity index is 3.90. The highest BCUT2D eigenvalue weighted by Gasteiger charge is 1.99. The Bertz CT molecular complexity index is 478. The first kappa shape index (κ1) is 17.7. The molecule has 0 fully saturated rings. The number of carbonyl (C=O) groups is 1. The van der Waals surface area contributed by atoms with Crippen LogP contribution in [0.4, 0.5) is 0 Å². The first-order valence-electron chi connectivity index (χ1n) is 6.08. The van der Waals surface area contributed by atoms with Crippen molar-refractivity contribution in [3.05, 3.63) is 36.5 Å². The van der Waals surface area contributed by atoms with Crippen molar-refractivity contribution in [3.63, 3.8) is 0 Å². The topological polar surface area (TPSA) is 66.8 Å². The minimum Gasteiger partial charge on any atom is -0.466 e. The van der Waals surface area contributed by atoms with Crippen LogP contribution in [0, 0.1) is 23.7 Å². The molecule has 0 heterocycles. The summed E-state index contributed by atoms with van der Waals surface area (Å²) in [5, 5.41) is 17.9. The molecule has 0 aromatic heterocycles. The van der Waals surface area contributed by atoms with Crippen LogP contribution in [0.3, 0.4) is 0 Å². The predicted molar refractivity (Wildman–Crippen MR) is 77.3 cm³/mol. The summed E-state index contributed by atoms with van der Waals surface area (Å²) in [4.78, 5) is 10.5. The Hall–Kier alpha value is -2.27. The van der Waals surface area contributed by atoms with Gasteiger partial charge in [-0.05, 0) is 24.0 Å². The van der Waals surface area contributed by atoms with Crippen molar-refractivity contribution >= 4 is 5.97 Å². The number of esters is 1. The average Bonchev–Trinajstić information content (AvgIpc) is 2.40. The summed E-state index contributed by atoms with van der Waals surface area (Å²) in [5.41, 5.74) is 0. The van der Waals surface area contributed by atoms with Gasteiger partial charge in [-0.3, -0.25) is 4.79 Å². The number of hydrogen-bond donors (Lipinski definition) is 2. The molecule has 2 N–H and O–H groups in total. The lowest BCUT2D eigenvalue weighted by Crippen LogP contribution is -2.09. The van der Waals surface area contributed by atoms with Crippen LogP contribution in [0.25, 0.3) is 0 Å². The fraction of sp³-hybridized carbons (Fsp3) is 0.312. The Kier molecular flexibility index (Phi) is 11.7. The molecule has 0 radical (unpaired) electrons. The van der Waals surface area contributed by atoms with E-state index in [1.54, 1.807) is 24.3 Å². The molecule has 0 aliphatic carbocycles. The van der Waals surface area contributed by atoms with Crippen molar-refractivity contribution in [3.8, 4) is 23.7 Å². The first-order valence-corrected chi connectivity index (χ1v) is 6.08. The third-order valence-electron chi connectivity index (χ3n) is 1.86. The van der Waals surface area contributed by atoms with E-state index >= 15 is 0 Å². The molecule has 0 aromatic carbocycles. The van der Waals surface area contributed by atoms with E-state index in [0.717, 1.165) is 0 Å². The minimum absolute atomic E-state index is 0.0351. The molecule has 0 saturated heterocycles. The highest BCUT2D eigenvalue weighted by molar-refractivity contribution is 5.65. The molecule has 0 bridgehead atoms. The molecular formula is C16H18O4. The summed E-state index contributed by atoms with van der Waals surface area (Å²) in [5.74, 6) is 10.1. The standard InChI is InChI=1S/C16H18O4/c1-15(18)20-14-12-16(19)11-9-7-5-3-2-4-6-8-10-13-17/h5,7-11,16-17,19H,12-14H2,1H3. The second-order valence-electron chi connectivity index (χ2n) is 3.56. The van der Waals surface area contributed by atoms with Crippen LogP contribution in [-0.2, 0) is 9.53 Å². The van der Waals surface area contributed by atoms with Gasteiger partial charge in [0.1, 0.15) is 0 Å². The zero-order valence-electron chi connectivity index (χ0n) is 11.4. The lowest BCUT2D eigenvalue weighted by atomic mass is 10.2. The van der Waals surface area contributed by atoms with Crippen LogP contribution >= 0.6 is 0 Å². The van der Waals surface area contributed by atoms with Crippen molar-refractivity contribution in [1.29, 1.82) is 0 Å². The van der Waals surface area contributed by atoms with E-state index in [-0.39, 0.29) is 19.2 Å². The third kappa shape index (κ3) is 13.8. The van der Waals surface area contributed by atoms with Gasteiger partial charge < -0.3 is 14.9 Å². The molecule has 0 aliphatic rings. The van der Waals surface area contributed by atoms with Crippen molar-refractivity contribution in [2.75, 3.05) is 13.2 Å². The summed E-state index contributed by atoms with van der Waals surface area (Å²) < 4.78 is 4.70. The van der Waals surface area contributed by atoms with E-state index in [4.69, 9.17) is 9.84 Å². The van der Waals surface area contributed by atoms with Gasteiger partial charge in [-0.15, -0.1) is 0 Å². The molecule has 4 heteroatoms. The number of allylic oxidation sites excluding steroid dienone is 4. The van der Waals surface area contributed by atoms with Crippen molar-refractivity contribution in [2.45, 2.75) is 19.4 Å². The van der Waals surface area contributed by atoms with Gasteiger partial charge in [-0.25, -0.2) is 0 Å². The van der Waals surface area contributed by atoms with Crippen LogP contribution < -0.4 is 0 Å². The number of rotatable bonds is 6. The maximum Gasteiger partial charge on any atom is 0.302 e. The molecule has 0 spiro atoms. The quantitative estimate of drug-likeness (QED) is 0.430. The lowest BCUT2D eigenvalue weighted by molar-refractivity contribution is -0.141. The smallest absolute Gasteiger partial charge is 0.302 e. The van der Waals surface area contributed by atoms with E-state index in [9.17, 15) is 9.90 Å². The molecule has 0 saturated carbocycles. The molecule has 106 valence electrons. The van der Waals surface area contributed by atoms with E-state index in [2.05, 4.69) is 23.7 Å². The molecule has 0 aliphatic heterocycles. The van der Waals surface area contributed by atoms with Gasteiger partial charge >= 0.3 is 5.97 Å².